The molecule has 0 atom stereocenters. The SMILES string of the molecule is Cc1cnc(C)c(N[C@H]2CC[C@H](C)CC2)c1. The second-order valence-corrected chi connectivity index (χ2v) is 5.25. The lowest BCUT2D eigenvalue weighted by atomic mass is 9.87. The summed E-state index contributed by atoms with van der Waals surface area (Å²) < 4.78 is 0. The molecule has 0 aromatic carbocycles. The van der Waals surface area contributed by atoms with Crippen LogP contribution in [0.1, 0.15) is 43.9 Å². The first-order chi connectivity index (χ1) is 7.65. The summed E-state index contributed by atoms with van der Waals surface area (Å²) in [6, 6.07) is 2.86. The number of hydrogen-bond donors (Lipinski definition) is 1. The monoisotopic (exact) mass is 218 g/mol. The van der Waals surface area contributed by atoms with Crippen molar-refractivity contribution in [2.45, 2.75) is 52.5 Å². The van der Waals surface area contributed by atoms with Crippen molar-refractivity contribution in [3.05, 3.63) is 23.5 Å². The standard InChI is InChI=1S/C14H22N2/c1-10-4-6-13(7-5-10)16-14-8-11(2)9-15-12(14)3/h8-10,13,16H,4-7H2,1-3H3/t10-,13-. The van der Waals surface area contributed by atoms with E-state index in [4.69, 9.17) is 0 Å². The molecule has 1 aliphatic carbocycles. The van der Waals surface area contributed by atoms with E-state index in [2.05, 4.69) is 37.1 Å². The predicted octanol–water partition coefficient (Wildman–Crippen LogP) is 3.69. The summed E-state index contributed by atoms with van der Waals surface area (Å²) in [5, 5.41) is 3.65. The Balaban J connectivity index is 2.00. The van der Waals surface area contributed by atoms with Crippen molar-refractivity contribution in [3.63, 3.8) is 0 Å². The Morgan fingerprint density at radius 2 is 1.88 bits per heavy atom. The van der Waals surface area contributed by atoms with Gasteiger partial charge in [0.15, 0.2) is 0 Å². The summed E-state index contributed by atoms with van der Waals surface area (Å²) in [5.74, 6) is 0.912. The highest BCUT2D eigenvalue weighted by Gasteiger charge is 2.18. The minimum absolute atomic E-state index is 0.651. The van der Waals surface area contributed by atoms with Crippen LogP contribution in [0.4, 0.5) is 5.69 Å². The molecule has 0 aliphatic heterocycles. The van der Waals surface area contributed by atoms with Gasteiger partial charge < -0.3 is 5.32 Å². The normalized spacial score (nSPS) is 25.4. The third-order valence-corrected chi connectivity index (χ3v) is 3.60. The number of rotatable bonds is 2. The molecule has 1 fully saturated rings. The van der Waals surface area contributed by atoms with Crippen LogP contribution in [0, 0.1) is 19.8 Å². The molecule has 0 amide bonds. The van der Waals surface area contributed by atoms with Crippen LogP contribution in [0.15, 0.2) is 12.3 Å². The van der Waals surface area contributed by atoms with Gasteiger partial charge in [-0.15, -0.1) is 0 Å². The molecule has 0 unspecified atom stereocenters. The lowest BCUT2D eigenvalue weighted by Gasteiger charge is -2.28. The van der Waals surface area contributed by atoms with Crippen molar-refractivity contribution < 1.29 is 0 Å². The number of pyridine rings is 1. The topological polar surface area (TPSA) is 24.9 Å². The van der Waals surface area contributed by atoms with Gasteiger partial charge in [0.25, 0.3) is 0 Å². The highest BCUT2D eigenvalue weighted by Crippen LogP contribution is 2.26. The van der Waals surface area contributed by atoms with E-state index in [0.29, 0.717) is 6.04 Å². The Morgan fingerprint density at radius 3 is 2.56 bits per heavy atom. The predicted molar refractivity (Wildman–Crippen MR) is 68.8 cm³/mol. The zero-order valence-corrected chi connectivity index (χ0v) is 10.6. The smallest absolute Gasteiger partial charge is 0.0603 e. The molecule has 1 heterocycles. The molecule has 0 saturated heterocycles. The van der Waals surface area contributed by atoms with Gasteiger partial charge in [0.2, 0.25) is 0 Å². The summed E-state index contributed by atoms with van der Waals surface area (Å²) in [5.41, 5.74) is 3.57. The van der Waals surface area contributed by atoms with Crippen LogP contribution >= 0.6 is 0 Å². The van der Waals surface area contributed by atoms with E-state index in [9.17, 15) is 0 Å². The van der Waals surface area contributed by atoms with Crippen LogP contribution in [0.3, 0.4) is 0 Å². The van der Waals surface area contributed by atoms with Crippen LogP contribution in [0.25, 0.3) is 0 Å². The maximum Gasteiger partial charge on any atom is 0.0603 e. The number of aryl methyl sites for hydroxylation is 2. The third-order valence-electron chi connectivity index (χ3n) is 3.60. The lowest BCUT2D eigenvalue weighted by molar-refractivity contribution is 0.361. The van der Waals surface area contributed by atoms with Gasteiger partial charge in [-0.05, 0) is 57.1 Å². The molecular weight excluding hydrogens is 196 g/mol. The van der Waals surface area contributed by atoms with Crippen molar-refractivity contribution in [2.24, 2.45) is 5.92 Å². The van der Waals surface area contributed by atoms with Gasteiger partial charge in [-0.2, -0.15) is 0 Å². The quantitative estimate of drug-likeness (QED) is 0.819. The summed E-state index contributed by atoms with van der Waals surface area (Å²) in [6.45, 7) is 6.53. The number of aromatic nitrogens is 1. The second kappa shape index (κ2) is 4.86. The Labute approximate surface area is 98.5 Å². The van der Waals surface area contributed by atoms with E-state index >= 15 is 0 Å². The van der Waals surface area contributed by atoms with Crippen LogP contribution < -0.4 is 5.32 Å². The third kappa shape index (κ3) is 2.75. The maximum absolute atomic E-state index is 4.40. The summed E-state index contributed by atoms with van der Waals surface area (Å²) in [7, 11) is 0. The first-order valence-corrected chi connectivity index (χ1v) is 6.35. The fraction of sp³-hybridized carbons (Fsp3) is 0.643. The summed E-state index contributed by atoms with van der Waals surface area (Å²) >= 11 is 0. The molecule has 1 aromatic rings. The molecule has 2 heteroatoms. The summed E-state index contributed by atoms with van der Waals surface area (Å²) in [4.78, 5) is 4.40. The Bertz CT molecular complexity index is 352. The van der Waals surface area contributed by atoms with Crippen molar-refractivity contribution in [1.29, 1.82) is 0 Å². The molecule has 16 heavy (non-hydrogen) atoms. The Hall–Kier alpha value is -1.05. The number of hydrogen-bond acceptors (Lipinski definition) is 2. The highest BCUT2D eigenvalue weighted by molar-refractivity contribution is 5.49. The van der Waals surface area contributed by atoms with Crippen LogP contribution in [-0.4, -0.2) is 11.0 Å². The van der Waals surface area contributed by atoms with E-state index in [-0.39, 0.29) is 0 Å². The number of anilines is 1. The van der Waals surface area contributed by atoms with Crippen molar-refractivity contribution >= 4 is 5.69 Å². The average molecular weight is 218 g/mol. The van der Waals surface area contributed by atoms with E-state index in [1.165, 1.54) is 36.9 Å². The molecule has 0 bridgehead atoms. The van der Waals surface area contributed by atoms with E-state index in [0.717, 1.165) is 11.6 Å². The van der Waals surface area contributed by atoms with Gasteiger partial charge in [0, 0.05) is 12.2 Å². The summed E-state index contributed by atoms with van der Waals surface area (Å²) in [6.07, 6.45) is 7.25. The zero-order valence-electron chi connectivity index (χ0n) is 10.6. The van der Waals surface area contributed by atoms with Crippen LogP contribution in [0.5, 0.6) is 0 Å². The van der Waals surface area contributed by atoms with Crippen LogP contribution in [0.2, 0.25) is 0 Å². The molecule has 2 nitrogen and oxygen atoms in total. The zero-order chi connectivity index (χ0) is 11.5. The van der Waals surface area contributed by atoms with Gasteiger partial charge in [-0.1, -0.05) is 6.92 Å². The van der Waals surface area contributed by atoms with Gasteiger partial charge in [0.05, 0.1) is 11.4 Å². The lowest BCUT2D eigenvalue weighted by Crippen LogP contribution is -2.25. The van der Waals surface area contributed by atoms with Gasteiger partial charge in [-0.25, -0.2) is 0 Å². The number of nitrogens with one attached hydrogen (secondary N) is 1. The van der Waals surface area contributed by atoms with Gasteiger partial charge >= 0.3 is 0 Å². The molecule has 88 valence electrons. The average Bonchev–Trinajstić information content (AvgIpc) is 2.27. The first kappa shape index (κ1) is 11.4. The molecule has 1 aliphatic rings. The first-order valence-electron chi connectivity index (χ1n) is 6.35. The minimum atomic E-state index is 0.651. The molecule has 2 rings (SSSR count). The van der Waals surface area contributed by atoms with Gasteiger partial charge in [-0.3, -0.25) is 4.98 Å². The fourth-order valence-electron chi connectivity index (χ4n) is 2.41. The largest absolute Gasteiger partial charge is 0.381 e. The molecule has 0 spiro atoms. The maximum atomic E-state index is 4.40. The van der Waals surface area contributed by atoms with Crippen LogP contribution in [-0.2, 0) is 0 Å². The van der Waals surface area contributed by atoms with E-state index in [1.54, 1.807) is 0 Å². The van der Waals surface area contributed by atoms with Crippen molar-refractivity contribution in [3.8, 4) is 0 Å². The Morgan fingerprint density at radius 1 is 1.19 bits per heavy atom. The van der Waals surface area contributed by atoms with E-state index in [1.807, 2.05) is 6.20 Å². The number of nitrogens with zero attached hydrogens (tertiary/aromatic N) is 1. The van der Waals surface area contributed by atoms with Crippen molar-refractivity contribution in [2.75, 3.05) is 5.32 Å². The van der Waals surface area contributed by atoms with E-state index < -0.39 is 0 Å². The fourth-order valence-corrected chi connectivity index (χ4v) is 2.41. The Kier molecular flexibility index (Phi) is 3.47. The molecule has 0 radical (unpaired) electrons. The molecule has 1 aromatic heterocycles. The highest BCUT2D eigenvalue weighted by atomic mass is 14.9. The molecule has 1 N–H and O–H groups in total. The van der Waals surface area contributed by atoms with Crippen molar-refractivity contribution in [1.82, 2.24) is 4.98 Å². The molecular formula is C14H22N2. The minimum Gasteiger partial charge on any atom is -0.381 e. The second-order valence-electron chi connectivity index (χ2n) is 5.25. The van der Waals surface area contributed by atoms with Gasteiger partial charge in [0.1, 0.15) is 0 Å². The molecule has 1 saturated carbocycles.